The van der Waals surface area contributed by atoms with E-state index in [4.69, 9.17) is 6.42 Å². The smallest absolute Gasteiger partial charge is 0.693 e. The minimum absolute atomic E-state index is 0. The van der Waals surface area contributed by atoms with Gasteiger partial charge in [-0.2, -0.15) is 36.4 Å². The Morgan fingerprint density at radius 2 is 0.552 bits per heavy atom. The van der Waals surface area contributed by atoms with Crippen LogP contribution < -0.4 is 31.8 Å². The minimum Gasteiger partial charge on any atom is -0.693 e. The van der Waals surface area contributed by atoms with Gasteiger partial charge in [0.15, 0.2) is 0 Å². The molecule has 0 amide bonds. The van der Waals surface area contributed by atoms with E-state index in [9.17, 15) is 0 Å². The molecule has 0 unspecified atom stereocenters. The van der Waals surface area contributed by atoms with Crippen LogP contribution in [0.3, 0.4) is 0 Å². The van der Waals surface area contributed by atoms with Crippen LogP contribution in [-0.2, 0) is 38.1 Å². The van der Waals surface area contributed by atoms with Crippen LogP contribution in [0, 0.1) is 82.1 Å². The van der Waals surface area contributed by atoms with Crippen molar-refractivity contribution in [3.8, 4) is 5.92 Å². The first-order valence-electron chi connectivity index (χ1n) is 18.5. The molecule has 0 atom stereocenters. The van der Waals surface area contributed by atoms with Crippen molar-refractivity contribution in [2.45, 2.75) is 0 Å². The summed E-state index contributed by atoms with van der Waals surface area (Å²) in [5.74, 6) is 3.10. The average molecular weight is 1010 g/mol. The van der Waals surface area contributed by atoms with E-state index in [1.165, 1.54) is 31.8 Å². The molecule has 0 spiro atoms. The Morgan fingerprint density at radius 3 is 0.707 bits per heavy atom. The van der Waals surface area contributed by atoms with Gasteiger partial charge in [-0.3, -0.25) is 0 Å². The quantitative estimate of drug-likeness (QED) is 0.0674. The predicted octanol–water partition coefficient (Wildman–Crippen LogP) is 10.4. The van der Waals surface area contributed by atoms with Crippen molar-refractivity contribution in [3.63, 3.8) is 0 Å². The van der Waals surface area contributed by atoms with E-state index in [1.807, 2.05) is 88.1 Å². The Hall–Kier alpha value is -3.83. The number of rotatable bonds is 6. The fraction of sp³-hybridized carbons (Fsp3) is 0. The molecule has 0 saturated heterocycles. The van der Waals surface area contributed by atoms with Gasteiger partial charge in [0.25, 0.3) is 0 Å². The summed E-state index contributed by atoms with van der Waals surface area (Å²) in [6, 6.07) is 77.2. The van der Waals surface area contributed by atoms with E-state index in [0.29, 0.717) is 0 Å². The van der Waals surface area contributed by atoms with Crippen LogP contribution in [0.1, 0.15) is 0 Å². The summed E-state index contributed by atoms with van der Waals surface area (Å²) in [7, 11) is -0.892. The molecule has 2 aliphatic rings. The van der Waals surface area contributed by atoms with Gasteiger partial charge in [-0.15, -0.1) is 0 Å². The molecule has 0 bridgehead atoms. The molecule has 7 aromatic rings. The molecule has 4 heteroatoms. The molecule has 0 aromatic heterocycles. The molecule has 0 nitrogen and oxygen atoms in total. The van der Waals surface area contributed by atoms with Gasteiger partial charge in [-0.25, -0.2) is 0 Å². The third-order valence-electron chi connectivity index (χ3n) is 8.06. The first-order chi connectivity index (χ1) is 27.8. The second kappa shape index (κ2) is 30.2. The van der Waals surface area contributed by atoms with Gasteiger partial charge in [0.2, 0.25) is 0 Å². The second-order valence-corrected chi connectivity index (χ2v) is 16.5. The molecule has 2 saturated carbocycles. The Bertz CT molecular complexity index is 1680. The van der Waals surface area contributed by atoms with E-state index >= 15 is 0 Å². The average Bonchev–Trinajstić information content (AvgIpc) is 4.07. The first-order valence-corrected chi connectivity index (χ1v) is 21.1. The van der Waals surface area contributed by atoms with Gasteiger partial charge in [0, 0.05) is 5.92 Å². The maximum absolute atomic E-state index is 6.61. The molecule has 9 rings (SSSR count). The van der Waals surface area contributed by atoms with Crippen molar-refractivity contribution in [2.75, 3.05) is 0 Å². The largest absolute Gasteiger partial charge is 2.00 e. The summed E-state index contributed by atoms with van der Waals surface area (Å²) < 4.78 is 0. The van der Waals surface area contributed by atoms with Crippen LogP contribution in [-0.4, -0.2) is 0 Å². The standard InChI is InChI=1S/2C18H15P.C7H4.C6H5.C5H5.Fe.Pt/c2*1-4-10-16(11-5-1)19(17-12-6-2-7-13-17)18-14-8-3-9-15-18;1-2-7-5-3-4-6-7;1-2-4-6-5-3-1;1-2-4-5-3-1;;/h2*1-15H;3-6H;1-5H;1-5H;;/q;;2*-1;;2*+2. The van der Waals surface area contributed by atoms with E-state index in [-0.39, 0.29) is 38.1 Å². The number of benzene rings is 7. The van der Waals surface area contributed by atoms with Crippen LogP contribution in [0.2, 0.25) is 0 Å². The Morgan fingerprint density at radius 1 is 0.328 bits per heavy atom. The van der Waals surface area contributed by atoms with Crippen LogP contribution in [0.5, 0.6) is 0 Å². The second-order valence-electron chi connectivity index (χ2n) is 12.0. The fourth-order valence-electron chi connectivity index (χ4n) is 5.48. The van der Waals surface area contributed by atoms with Gasteiger partial charge in [-0.1, -0.05) is 182 Å². The first kappa shape index (κ1) is 48.5. The predicted molar refractivity (Wildman–Crippen MR) is 245 cm³/mol. The third-order valence-corrected chi connectivity index (χ3v) is 12.9. The van der Waals surface area contributed by atoms with Gasteiger partial charge >= 0.3 is 38.1 Å². The SMILES string of the molecule is [C-]#C[C]1[CH][CH][CH][CH]1.[CH]1[CH][CH][CH][CH]1.[Fe+2].[Pt+2].[c-]1ccccc1.c1ccc(P(c2ccccc2)c2ccccc2)cc1.c1ccc(P(c2ccccc2)c2ccccc2)cc1. The number of hydrogen-bond acceptors (Lipinski definition) is 0. The molecule has 0 N–H and O–H groups in total. The topological polar surface area (TPSA) is 0 Å². The zero-order valence-corrected chi connectivity index (χ0v) is 37.1. The molecule has 286 valence electrons. The molecule has 58 heavy (non-hydrogen) atoms. The van der Waals surface area contributed by atoms with Gasteiger partial charge in [-0.05, 0) is 105 Å². The fourth-order valence-corrected chi connectivity index (χ4v) is 10.1. The zero-order chi connectivity index (χ0) is 38.7. The molecule has 0 heterocycles. The van der Waals surface area contributed by atoms with Gasteiger partial charge in [0.1, 0.15) is 0 Å². The summed E-state index contributed by atoms with van der Waals surface area (Å²) in [5.41, 5.74) is 0. The maximum atomic E-state index is 6.61. The molecular weight excluding hydrogens is 961 g/mol. The molecule has 2 fully saturated rings. The normalized spacial score (nSPS) is 12.5. The molecule has 2 aliphatic carbocycles. The minimum atomic E-state index is -0.446. The summed E-state index contributed by atoms with van der Waals surface area (Å²) in [6.45, 7) is 0. The van der Waals surface area contributed by atoms with E-state index < -0.39 is 15.8 Å². The van der Waals surface area contributed by atoms with Crippen LogP contribution >= 0.6 is 15.8 Å². The third kappa shape index (κ3) is 17.6. The summed E-state index contributed by atoms with van der Waals surface area (Å²) in [5, 5.41) is 8.39. The van der Waals surface area contributed by atoms with Crippen LogP contribution in [0.15, 0.2) is 212 Å². The van der Waals surface area contributed by atoms with E-state index in [0.717, 1.165) is 5.92 Å². The van der Waals surface area contributed by atoms with Crippen molar-refractivity contribution in [3.05, 3.63) is 289 Å². The molecule has 10 radical (unpaired) electrons. The summed E-state index contributed by atoms with van der Waals surface area (Å²) in [4.78, 5) is 0. The zero-order valence-electron chi connectivity index (χ0n) is 32.0. The van der Waals surface area contributed by atoms with Crippen molar-refractivity contribution in [1.82, 2.24) is 0 Å². The van der Waals surface area contributed by atoms with Gasteiger partial charge in [0.05, 0.1) is 0 Å². The van der Waals surface area contributed by atoms with Gasteiger partial charge < -0.3 is 12.3 Å². The Balaban J connectivity index is 0.000000214. The maximum Gasteiger partial charge on any atom is 2.00 e. The summed E-state index contributed by atoms with van der Waals surface area (Å²) in [6.07, 6.45) is 24.1. The molecule has 0 aliphatic heterocycles. The van der Waals surface area contributed by atoms with Crippen molar-refractivity contribution in [2.24, 2.45) is 0 Å². The van der Waals surface area contributed by atoms with Crippen LogP contribution in [0.4, 0.5) is 0 Å². The van der Waals surface area contributed by atoms with E-state index in [2.05, 4.69) is 194 Å². The Kier molecular flexibility index (Phi) is 25.3. The monoisotopic (exact) mass is 1010 g/mol. The van der Waals surface area contributed by atoms with E-state index in [1.54, 1.807) is 0 Å². The summed E-state index contributed by atoms with van der Waals surface area (Å²) >= 11 is 0. The molecular formula is C54H44FeP2Pt+2. The van der Waals surface area contributed by atoms with Crippen molar-refractivity contribution in [1.29, 1.82) is 0 Å². The molecule has 7 aromatic carbocycles. The van der Waals surface area contributed by atoms with Crippen molar-refractivity contribution >= 4 is 47.7 Å². The Labute approximate surface area is 377 Å². The van der Waals surface area contributed by atoms with Crippen LogP contribution in [0.25, 0.3) is 0 Å². The number of hydrogen-bond donors (Lipinski definition) is 0. The van der Waals surface area contributed by atoms with Crippen molar-refractivity contribution < 1.29 is 38.1 Å².